The van der Waals surface area contributed by atoms with Crippen molar-refractivity contribution in [2.75, 3.05) is 11.1 Å². The Morgan fingerprint density at radius 3 is 2.71 bits per heavy atom. The van der Waals surface area contributed by atoms with Gasteiger partial charge in [0.1, 0.15) is 0 Å². The van der Waals surface area contributed by atoms with Gasteiger partial charge in [-0.25, -0.2) is 4.79 Å². The second-order valence-electron chi connectivity index (χ2n) is 4.62. The van der Waals surface area contributed by atoms with Crippen LogP contribution >= 0.6 is 0 Å². The molecule has 0 fully saturated rings. The molecule has 0 saturated carbocycles. The Balaban J connectivity index is 2.11. The van der Waals surface area contributed by atoms with E-state index in [-0.39, 0.29) is 5.56 Å². The van der Waals surface area contributed by atoms with Crippen LogP contribution in [0.25, 0.3) is 10.9 Å². The second kappa shape index (κ2) is 5.13. The molecule has 5 heteroatoms. The predicted octanol–water partition coefficient (Wildman–Crippen LogP) is 3.26. The van der Waals surface area contributed by atoms with E-state index in [9.17, 15) is 9.90 Å². The highest BCUT2D eigenvalue weighted by Crippen LogP contribution is 2.27. The van der Waals surface area contributed by atoms with Crippen molar-refractivity contribution in [3.05, 3.63) is 60.3 Å². The van der Waals surface area contributed by atoms with Crippen molar-refractivity contribution in [1.82, 2.24) is 4.98 Å². The number of benzene rings is 2. The van der Waals surface area contributed by atoms with Crippen molar-refractivity contribution in [2.24, 2.45) is 0 Å². The Morgan fingerprint density at radius 1 is 1.10 bits per heavy atom. The number of hydrogen-bond donors (Lipinski definition) is 3. The van der Waals surface area contributed by atoms with Gasteiger partial charge in [-0.1, -0.05) is 18.2 Å². The molecule has 0 amide bonds. The van der Waals surface area contributed by atoms with Crippen molar-refractivity contribution < 1.29 is 9.90 Å². The topological polar surface area (TPSA) is 88.2 Å². The number of aromatic carboxylic acids is 1. The summed E-state index contributed by atoms with van der Waals surface area (Å²) >= 11 is 0. The lowest BCUT2D eigenvalue weighted by atomic mass is 10.1. The third kappa shape index (κ3) is 2.49. The molecule has 1 aromatic heterocycles. The van der Waals surface area contributed by atoms with E-state index in [2.05, 4.69) is 10.3 Å². The van der Waals surface area contributed by atoms with Crippen LogP contribution in [0.2, 0.25) is 0 Å². The fourth-order valence-corrected chi connectivity index (χ4v) is 2.20. The second-order valence-corrected chi connectivity index (χ2v) is 4.62. The average molecular weight is 279 g/mol. The third-order valence-corrected chi connectivity index (χ3v) is 3.18. The van der Waals surface area contributed by atoms with Gasteiger partial charge in [-0.05, 0) is 30.3 Å². The SMILES string of the molecule is Nc1ccc(C(=O)O)c(Nc2cccc3cccnc23)c1. The number of anilines is 3. The fraction of sp³-hybridized carbons (Fsp3) is 0. The smallest absolute Gasteiger partial charge is 0.337 e. The Kier molecular flexibility index (Phi) is 3.16. The first kappa shape index (κ1) is 12.9. The zero-order chi connectivity index (χ0) is 14.8. The number of nitrogen functional groups attached to an aromatic ring is 1. The zero-order valence-electron chi connectivity index (χ0n) is 11.1. The van der Waals surface area contributed by atoms with Crippen molar-refractivity contribution in [3.63, 3.8) is 0 Å². The highest BCUT2D eigenvalue weighted by Gasteiger charge is 2.11. The highest BCUT2D eigenvalue weighted by molar-refractivity contribution is 5.98. The van der Waals surface area contributed by atoms with Crippen molar-refractivity contribution in [1.29, 1.82) is 0 Å². The number of aromatic nitrogens is 1. The van der Waals surface area contributed by atoms with Crippen LogP contribution in [-0.4, -0.2) is 16.1 Å². The van der Waals surface area contributed by atoms with Crippen LogP contribution in [0, 0.1) is 0 Å². The maximum Gasteiger partial charge on any atom is 0.337 e. The molecule has 3 aromatic rings. The molecule has 0 atom stereocenters. The molecule has 0 aliphatic carbocycles. The van der Waals surface area contributed by atoms with E-state index in [4.69, 9.17) is 5.73 Å². The van der Waals surface area contributed by atoms with Crippen LogP contribution in [-0.2, 0) is 0 Å². The van der Waals surface area contributed by atoms with Crippen LogP contribution in [0.1, 0.15) is 10.4 Å². The summed E-state index contributed by atoms with van der Waals surface area (Å²) in [5.74, 6) is -1.01. The maximum atomic E-state index is 11.3. The minimum absolute atomic E-state index is 0.164. The molecule has 21 heavy (non-hydrogen) atoms. The molecule has 0 radical (unpaired) electrons. The Hall–Kier alpha value is -3.08. The number of fused-ring (bicyclic) bond motifs is 1. The lowest BCUT2D eigenvalue weighted by molar-refractivity contribution is 0.0698. The van der Waals surface area contributed by atoms with Gasteiger partial charge in [0.05, 0.1) is 22.5 Å². The number of pyridine rings is 1. The summed E-state index contributed by atoms with van der Waals surface area (Å²) < 4.78 is 0. The van der Waals surface area contributed by atoms with Gasteiger partial charge in [-0.2, -0.15) is 0 Å². The van der Waals surface area contributed by atoms with Crippen LogP contribution in [0.4, 0.5) is 17.1 Å². The molecule has 0 aliphatic heterocycles. The molecule has 3 rings (SSSR count). The summed E-state index contributed by atoms with van der Waals surface area (Å²) in [4.78, 5) is 15.6. The fourth-order valence-electron chi connectivity index (χ4n) is 2.20. The number of carboxylic acids is 1. The standard InChI is InChI=1S/C16H13N3O2/c17-11-6-7-12(16(20)21)14(9-11)19-13-5-1-3-10-4-2-8-18-15(10)13/h1-9,19H,17H2,(H,20,21). The van der Waals surface area contributed by atoms with Crippen molar-refractivity contribution >= 4 is 33.9 Å². The normalized spacial score (nSPS) is 10.5. The molecule has 0 saturated heterocycles. The largest absolute Gasteiger partial charge is 0.478 e. The van der Waals surface area contributed by atoms with E-state index in [0.29, 0.717) is 11.4 Å². The number of rotatable bonds is 3. The summed E-state index contributed by atoms with van der Waals surface area (Å²) in [5, 5.41) is 13.3. The predicted molar refractivity (Wildman–Crippen MR) is 82.8 cm³/mol. The van der Waals surface area contributed by atoms with Gasteiger partial charge in [0.15, 0.2) is 0 Å². The average Bonchev–Trinajstić information content (AvgIpc) is 2.47. The third-order valence-electron chi connectivity index (χ3n) is 3.18. The maximum absolute atomic E-state index is 11.3. The van der Waals surface area contributed by atoms with Crippen LogP contribution < -0.4 is 11.1 Å². The van der Waals surface area contributed by atoms with E-state index < -0.39 is 5.97 Å². The van der Waals surface area contributed by atoms with Gasteiger partial charge in [-0.15, -0.1) is 0 Å². The van der Waals surface area contributed by atoms with Gasteiger partial charge < -0.3 is 16.2 Å². The molecule has 0 spiro atoms. The van der Waals surface area contributed by atoms with Crippen molar-refractivity contribution in [3.8, 4) is 0 Å². The van der Waals surface area contributed by atoms with Gasteiger partial charge >= 0.3 is 5.97 Å². The van der Waals surface area contributed by atoms with E-state index in [0.717, 1.165) is 16.6 Å². The molecule has 0 aliphatic rings. The van der Waals surface area contributed by atoms with E-state index in [1.54, 1.807) is 18.3 Å². The number of para-hydroxylation sites is 1. The molecule has 0 bridgehead atoms. The van der Waals surface area contributed by atoms with Gasteiger partial charge in [0, 0.05) is 17.3 Å². The molecule has 104 valence electrons. The number of nitrogens with two attached hydrogens (primary N) is 1. The van der Waals surface area contributed by atoms with Gasteiger partial charge in [0.2, 0.25) is 0 Å². The first-order valence-corrected chi connectivity index (χ1v) is 6.39. The summed E-state index contributed by atoms with van der Waals surface area (Å²) in [7, 11) is 0. The highest BCUT2D eigenvalue weighted by atomic mass is 16.4. The summed E-state index contributed by atoms with van der Waals surface area (Å²) in [5.41, 5.74) is 8.36. The Bertz CT molecular complexity index is 825. The molecule has 2 aromatic carbocycles. The van der Waals surface area contributed by atoms with E-state index >= 15 is 0 Å². The quantitative estimate of drug-likeness (QED) is 0.640. The van der Waals surface area contributed by atoms with Crippen molar-refractivity contribution in [2.45, 2.75) is 0 Å². The lowest BCUT2D eigenvalue weighted by Gasteiger charge is -2.12. The van der Waals surface area contributed by atoms with E-state index in [1.165, 1.54) is 6.07 Å². The van der Waals surface area contributed by atoms with Crippen LogP contribution in [0.15, 0.2) is 54.7 Å². The van der Waals surface area contributed by atoms with E-state index in [1.807, 2.05) is 30.3 Å². The first-order chi connectivity index (χ1) is 10.1. The number of hydrogen-bond acceptors (Lipinski definition) is 4. The van der Waals surface area contributed by atoms with Gasteiger partial charge in [0.25, 0.3) is 0 Å². The summed E-state index contributed by atoms with van der Waals surface area (Å²) in [6.45, 7) is 0. The van der Waals surface area contributed by atoms with Gasteiger partial charge in [-0.3, -0.25) is 4.98 Å². The number of nitrogens with zero attached hydrogens (tertiary/aromatic N) is 1. The minimum atomic E-state index is -1.01. The Labute approximate surface area is 121 Å². The number of nitrogens with one attached hydrogen (secondary N) is 1. The molecular formula is C16H13N3O2. The zero-order valence-corrected chi connectivity index (χ0v) is 11.1. The molecule has 0 unspecified atom stereocenters. The summed E-state index contributed by atoms with van der Waals surface area (Å²) in [6, 6.07) is 14.1. The summed E-state index contributed by atoms with van der Waals surface area (Å²) in [6.07, 6.45) is 1.70. The molecule has 5 nitrogen and oxygen atoms in total. The lowest BCUT2D eigenvalue weighted by Crippen LogP contribution is -2.04. The number of carboxylic acid groups (broad SMARTS) is 1. The number of carbonyl (C=O) groups is 1. The van der Waals surface area contributed by atoms with Crippen LogP contribution in [0.5, 0.6) is 0 Å². The molecule has 1 heterocycles. The molecule has 4 N–H and O–H groups in total. The monoisotopic (exact) mass is 279 g/mol. The first-order valence-electron chi connectivity index (χ1n) is 6.39. The Morgan fingerprint density at radius 2 is 1.90 bits per heavy atom. The van der Waals surface area contributed by atoms with Crippen LogP contribution in [0.3, 0.4) is 0 Å². The molecular weight excluding hydrogens is 266 g/mol. The minimum Gasteiger partial charge on any atom is -0.478 e.